The van der Waals surface area contributed by atoms with Gasteiger partial charge in [0, 0.05) is 19.4 Å². The summed E-state index contributed by atoms with van der Waals surface area (Å²) in [6, 6.07) is 7.85. The Morgan fingerprint density at radius 2 is 1.88 bits per heavy atom. The van der Waals surface area contributed by atoms with Gasteiger partial charge in [-0.15, -0.1) is 0 Å². The van der Waals surface area contributed by atoms with Crippen molar-refractivity contribution in [2.75, 3.05) is 0 Å². The predicted octanol–water partition coefficient (Wildman–Crippen LogP) is 1.98. The molecule has 0 spiro atoms. The molecule has 2 rings (SSSR count). The molecule has 16 heavy (non-hydrogen) atoms. The highest BCUT2D eigenvalue weighted by Gasteiger charge is 2.29. The third kappa shape index (κ3) is 1.74. The van der Waals surface area contributed by atoms with E-state index in [1.54, 1.807) is 13.1 Å². The van der Waals surface area contributed by atoms with E-state index in [9.17, 15) is 5.11 Å². The monoisotopic (exact) mass is 216 g/mol. The molecule has 1 unspecified atom stereocenters. The summed E-state index contributed by atoms with van der Waals surface area (Å²) in [4.78, 5) is 4.20. The molecule has 0 fully saturated rings. The quantitative estimate of drug-likeness (QED) is 0.833. The van der Waals surface area contributed by atoms with Gasteiger partial charge in [-0.1, -0.05) is 29.8 Å². The van der Waals surface area contributed by atoms with Crippen molar-refractivity contribution in [3.63, 3.8) is 0 Å². The second kappa shape index (κ2) is 3.76. The SMILES string of the molecule is Cc1ccc(C(C)(O)c2nccn2C)cc1. The Morgan fingerprint density at radius 3 is 2.38 bits per heavy atom. The van der Waals surface area contributed by atoms with Gasteiger partial charge >= 0.3 is 0 Å². The molecule has 0 bridgehead atoms. The first-order valence-electron chi connectivity index (χ1n) is 5.29. The van der Waals surface area contributed by atoms with Crippen LogP contribution in [-0.4, -0.2) is 14.7 Å². The second-order valence-corrected chi connectivity index (χ2v) is 4.30. The van der Waals surface area contributed by atoms with Crippen LogP contribution in [0.15, 0.2) is 36.7 Å². The lowest BCUT2D eigenvalue weighted by Gasteiger charge is -2.23. The summed E-state index contributed by atoms with van der Waals surface area (Å²) < 4.78 is 1.83. The molecule has 3 nitrogen and oxygen atoms in total. The van der Waals surface area contributed by atoms with Gasteiger partial charge in [-0.05, 0) is 19.4 Å². The van der Waals surface area contributed by atoms with E-state index < -0.39 is 5.60 Å². The number of nitrogens with zero attached hydrogens (tertiary/aromatic N) is 2. The van der Waals surface area contributed by atoms with Crippen LogP contribution < -0.4 is 0 Å². The van der Waals surface area contributed by atoms with Gasteiger partial charge in [0.1, 0.15) is 11.4 Å². The van der Waals surface area contributed by atoms with Crippen LogP contribution in [0, 0.1) is 6.92 Å². The normalized spacial score (nSPS) is 14.8. The van der Waals surface area contributed by atoms with Crippen molar-refractivity contribution in [1.82, 2.24) is 9.55 Å². The lowest BCUT2D eigenvalue weighted by molar-refractivity contribution is 0.0892. The Morgan fingerprint density at radius 1 is 1.25 bits per heavy atom. The zero-order valence-corrected chi connectivity index (χ0v) is 9.81. The number of hydrogen-bond donors (Lipinski definition) is 1. The highest BCUT2D eigenvalue weighted by atomic mass is 16.3. The summed E-state index contributed by atoms with van der Waals surface area (Å²) in [6.07, 6.45) is 3.52. The van der Waals surface area contributed by atoms with Gasteiger partial charge in [0.05, 0.1) is 0 Å². The van der Waals surface area contributed by atoms with Crippen molar-refractivity contribution in [1.29, 1.82) is 0 Å². The van der Waals surface area contributed by atoms with E-state index in [4.69, 9.17) is 0 Å². The first kappa shape index (κ1) is 10.9. The maximum Gasteiger partial charge on any atom is 0.144 e. The second-order valence-electron chi connectivity index (χ2n) is 4.30. The van der Waals surface area contributed by atoms with Crippen LogP contribution >= 0.6 is 0 Å². The van der Waals surface area contributed by atoms with Crippen molar-refractivity contribution in [3.8, 4) is 0 Å². The summed E-state index contributed by atoms with van der Waals surface area (Å²) in [6.45, 7) is 3.79. The molecule has 0 saturated heterocycles. The van der Waals surface area contributed by atoms with E-state index in [1.165, 1.54) is 5.56 Å². The van der Waals surface area contributed by atoms with Gasteiger partial charge in [-0.3, -0.25) is 0 Å². The first-order valence-corrected chi connectivity index (χ1v) is 5.29. The molecule has 3 heteroatoms. The van der Waals surface area contributed by atoms with E-state index >= 15 is 0 Å². The van der Waals surface area contributed by atoms with E-state index in [-0.39, 0.29) is 0 Å². The van der Waals surface area contributed by atoms with Gasteiger partial charge in [-0.2, -0.15) is 0 Å². The maximum atomic E-state index is 10.5. The molecule has 1 aromatic heterocycles. The van der Waals surface area contributed by atoms with Crippen molar-refractivity contribution in [2.24, 2.45) is 7.05 Å². The van der Waals surface area contributed by atoms with Crippen LogP contribution in [0.4, 0.5) is 0 Å². The molecule has 1 N–H and O–H groups in total. The Bertz CT molecular complexity index is 483. The fraction of sp³-hybridized carbons (Fsp3) is 0.308. The predicted molar refractivity (Wildman–Crippen MR) is 63.1 cm³/mol. The molecule has 1 atom stereocenters. The Kier molecular flexibility index (Phi) is 2.56. The highest BCUT2D eigenvalue weighted by Crippen LogP contribution is 2.27. The van der Waals surface area contributed by atoms with Crippen molar-refractivity contribution in [3.05, 3.63) is 53.6 Å². The third-order valence-electron chi connectivity index (χ3n) is 2.87. The standard InChI is InChI=1S/C13H16N2O/c1-10-4-6-11(7-5-10)13(2,16)12-14-8-9-15(12)3/h4-9,16H,1-3H3. The van der Waals surface area contributed by atoms with Crippen LogP contribution in [0.1, 0.15) is 23.9 Å². The van der Waals surface area contributed by atoms with Gasteiger partial charge in [0.15, 0.2) is 0 Å². The highest BCUT2D eigenvalue weighted by molar-refractivity contribution is 5.31. The lowest BCUT2D eigenvalue weighted by Crippen LogP contribution is -2.26. The van der Waals surface area contributed by atoms with E-state index in [0.717, 1.165) is 5.56 Å². The largest absolute Gasteiger partial charge is 0.377 e. The Labute approximate surface area is 95.4 Å². The first-order chi connectivity index (χ1) is 7.51. The molecule has 84 valence electrons. The molecule has 1 heterocycles. The number of rotatable bonds is 2. The van der Waals surface area contributed by atoms with Crippen molar-refractivity contribution >= 4 is 0 Å². The smallest absolute Gasteiger partial charge is 0.144 e. The topological polar surface area (TPSA) is 38.1 Å². The fourth-order valence-electron chi connectivity index (χ4n) is 1.84. The Hall–Kier alpha value is -1.61. The van der Waals surface area contributed by atoms with Gasteiger partial charge in [-0.25, -0.2) is 4.98 Å². The Balaban J connectivity index is 2.46. The number of imidazole rings is 1. The average Bonchev–Trinajstić information content (AvgIpc) is 2.66. The van der Waals surface area contributed by atoms with E-state index in [0.29, 0.717) is 5.82 Å². The summed E-state index contributed by atoms with van der Waals surface area (Å²) >= 11 is 0. The molecule has 0 saturated carbocycles. The number of benzene rings is 1. The van der Waals surface area contributed by atoms with Gasteiger partial charge in [0.25, 0.3) is 0 Å². The molecule has 0 aliphatic carbocycles. The summed E-state index contributed by atoms with van der Waals surface area (Å²) in [5, 5.41) is 10.5. The van der Waals surface area contributed by atoms with Crippen LogP contribution in [0.2, 0.25) is 0 Å². The lowest BCUT2D eigenvalue weighted by atomic mass is 9.94. The van der Waals surface area contributed by atoms with Crippen LogP contribution in [0.5, 0.6) is 0 Å². The molecular formula is C13H16N2O. The molecule has 0 aliphatic rings. The summed E-state index contributed by atoms with van der Waals surface area (Å²) in [7, 11) is 1.88. The maximum absolute atomic E-state index is 10.5. The van der Waals surface area contributed by atoms with Gasteiger partial charge in [0.2, 0.25) is 0 Å². The zero-order valence-electron chi connectivity index (χ0n) is 9.81. The van der Waals surface area contributed by atoms with Crippen LogP contribution in [-0.2, 0) is 12.6 Å². The molecular weight excluding hydrogens is 200 g/mol. The fourth-order valence-corrected chi connectivity index (χ4v) is 1.84. The van der Waals surface area contributed by atoms with Crippen LogP contribution in [0.25, 0.3) is 0 Å². The van der Waals surface area contributed by atoms with Crippen molar-refractivity contribution < 1.29 is 5.11 Å². The molecule has 0 amide bonds. The minimum absolute atomic E-state index is 0.649. The zero-order chi connectivity index (χ0) is 11.8. The molecule has 1 aromatic carbocycles. The van der Waals surface area contributed by atoms with E-state index in [2.05, 4.69) is 4.98 Å². The van der Waals surface area contributed by atoms with E-state index in [1.807, 2.05) is 49.0 Å². The minimum Gasteiger partial charge on any atom is -0.377 e. The number of aryl methyl sites for hydroxylation is 2. The summed E-state index contributed by atoms with van der Waals surface area (Å²) in [5.74, 6) is 0.649. The summed E-state index contributed by atoms with van der Waals surface area (Å²) in [5.41, 5.74) is 0.984. The third-order valence-corrected chi connectivity index (χ3v) is 2.87. The van der Waals surface area contributed by atoms with Gasteiger partial charge < -0.3 is 9.67 Å². The molecule has 0 radical (unpaired) electrons. The minimum atomic E-state index is -1.05. The number of hydrogen-bond acceptors (Lipinski definition) is 2. The average molecular weight is 216 g/mol. The number of aliphatic hydroxyl groups is 1. The molecule has 2 aromatic rings. The van der Waals surface area contributed by atoms with Crippen molar-refractivity contribution in [2.45, 2.75) is 19.4 Å². The number of aromatic nitrogens is 2. The van der Waals surface area contributed by atoms with Crippen LogP contribution in [0.3, 0.4) is 0 Å². The molecule has 0 aliphatic heterocycles.